The van der Waals surface area contributed by atoms with Crippen molar-refractivity contribution in [3.05, 3.63) is 29.3 Å². The summed E-state index contributed by atoms with van der Waals surface area (Å²) < 4.78 is 71.6. The molecule has 11 heteroatoms. The first kappa shape index (κ1) is 18.3. The number of aromatic hydroxyl groups is 1. The van der Waals surface area contributed by atoms with Gasteiger partial charge in [0, 0.05) is 0 Å². The van der Waals surface area contributed by atoms with E-state index in [1.807, 2.05) is 0 Å². The van der Waals surface area contributed by atoms with Crippen LogP contribution < -0.4 is 0 Å². The van der Waals surface area contributed by atoms with Crippen molar-refractivity contribution in [2.75, 3.05) is 5.75 Å². The zero-order chi connectivity index (χ0) is 17.1. The molecule has 1 aromatic carbocycles. The summed E-state index contributed by atoms with van der Waals surface area (Å²) in [6, 6.07) is 3.38. The fraction of sp³-hybridized carbons (Fsp3) is 0.364. The van der Waals surface area contributed by atoms with Crippen LogP contribution in [0.25, 0.3) is 0 Å². The van der Waals surface area contributed by atoms with Gasteiger partial charge in [-0.2, -0.15) is 21.6 Å². The SMILES string of the molecule is [B]Cc1ccc(O)c(C(=O)OC(CS(=O)(=O)O)C(F)(F)F)c1. The molecular weight excluding hydrogens is 328 g/mol. The molecule has 0 aromatic heterocycles. The minimum Gasteiger partial charge on any atom is -0.507 e. The quantitative estimate of drug-likeness (QED) is 0.473. The van der Waals surface area contributed by atoms with E-state index in [0.717, 1.165) is 12.1 Å². The minimum atomic E-state index is -5.22. The molecule has 0 bridgehead atoms. The van der Waals surface area contributed by atoms with Crippen LogP contribution in [0.2, 0.25) is 0 Å². The molecule has 1 aromatic rings. The number of esters is 1. The average molecular weight is 338 g/mol. The van der Waals surface area contributed by atoms with Crippen molar-refractivity contribution in [3.8, 4) is 5.75 Å². The summed E-state index contributed by atoms with van der Waals surface area (Å²) in [5.41, 5.74) is -0.268. The molecule has 0 amide bonds. The number of ether oxygens (including phenoxy) is 1. The lowest BCUT2D eigenvalue weighted by Crippen LogP contribution is -2.39. The van der Waals surface area contributed by atoms with Gasteiger partial charge >= 0.3 is 12.1 Å². The molecule has 0 saturated heterocycles. The fourth-order valence-electron chi connectivity index (χ4n) is 1.45. The first-order chi connectivity index (χ1) is 9.94. The molecule has 2 radical (unpaired) electrons. The molecule has 0 aliphatic rings. The van der Waals surface area contributed by atoms with E-state index in [0.29, 0.717) is 5.56 Å². The van der Waals surface area contributed by atoms with E-state index in [2.05, 4.69) is 4.74 Å². The number of phenols is 1. The number of carbonyl (C=O) groups excluding carboxylic acids is 1. The number of phenolic OH excluding ortho intramolecular Hbond substituents is 1. The Morgan fingerprint density at radius 3 is 2.41 bits per heavy atom. The Kier molecular flexibility index (Phi) is 5.47. The summed E-state index contributed by atoms with van der Waals surface area (Å²) in [4.78, 5) is 11.7. The maximum Gasteiger partial charge on any atom is 0.426 e. The lowest BCUT2D eigenvalue weighted by Gasteiger charge is -2.19. The molecule has 0 aliphatic carbocycles. The Morgan fingerprint density at radius 2 is 1.95 bits per heavy atom. The largest absolute Gasteiger partial charge is 0.507 e. The van der Waals surface area contributed by atoms with Gasteiger partial charge in [0.05, 0.1) is 7.85 Å². The van der Waals surface area contributed by atoms with Crippen molar-refractivity contribution >= 4 is 23.9 Å². The van der Waals surface area contributed by atoms with Gasteiger partial charge in [0.1, 0.15) is 17.1 Å². The van der Waals surface area contributed by atoms with Crippen LogP contribution in [0.3, 0.4) is 0 Å². The number of rotatable bonds is 5. The predicted octanol–water partition coefficient (Wildman–Crippen LogP) is 1.04. The topological polar surface area (TPSA) is 101 Å². The van der Waals surface area contributed by atoms with Crippen LogP contribution in [0, 0.1) is 0 Å². The third kappa shape index (κ3) is 5.22. The zero-order valence-corrected chi connectivity index (χ0v) is 11.7. The summed E-state index contributed by atoms with van der Waals surface area (Å²) in [6.45, 7) is 0. The highest BCUT2D eigenvalue weighted by Crippen LogP contribution is 2.27. The first-order valence-electron chi connectivity index (χ1n) is 5.69. The highest BCUT2D eigenvalue weighted by molar-refractivity contribution is 7.85. The normalized spacial score (nSPS) is 13.6. The fourth-order valence-corrected chi connectivity index (χ4v) is 2.09. The summed E-state index contributed by atoms with van der Waals surface area (Å²) in [5.74, 6) is -4.10. The molecule has 1 unspecified atom stereocenters. The van der Waals surface area contributed by atoms with E-state index in [4.69, 9.17) is 12.4 Å². The molecule has 1 rings (SSSR count). The predicted molar refractivity (Wildman–Crippen MR) is 69.2 cm³/mol. The highest BCUT2D eigenvalue weighted by atomic mass is 32.2. The molecule has 120 valence electrons. The van der Waals surface area contributed by atoms with E-state index in [9.17, 15) is 31.5 Å². The van der Waals surface area contributed by atoms with Gasteiger partial charge in [-0.05, 0) is 12.1 Å². The van der Waals surface area contributed by atoms with Crippen LogP contribution in [-0.2, 0) is 21.2 Å². The van der Waals surface area contributed by atoms with Crippen LogP contribution in [-0.4, -0.2) is 49.9 Å². The standard InChI is InChI=1S/C11H10BF3O6S/c12-4-6-1-2-8(16)7(3-6)10(17)21-9(11(13,14)15)5-22(18,19)20/h1-3,9,16H,4-5H2,(H,18,19,20). The van der Waals surface area contributed by atoms with Crippen molar-refractivity contribution in [2.24, 2.45) is 0 Å². The molecule has 0 aliphatic heterocycles. The summed E-state index contributed by atoms with van der Waals surface area (Å²) in [6.07, 6.45) is -8.34. The Balaban J connectivity index is 3.06. The number of carbonyl (C=O) groups is 1. The third-order valence-electron chi connectivity index (χ3n) is 2.49. The number of halogens is 3. The summed E-state index contributed by atoms with van der Waals surface area (Å²) in [7, 11) is 0.260. The van der Waals surface area contributed by atoms with Crippen LogP contribution in [0.15, 0.2) is 18.2 Å². The second-order valence-corrected chi connectivity index (χ2v) is 5.74. The monoisotopic (exact) mass is 338 g/mol. The number of benzene rings is 1. The third-order valence-corrected chi connectivity index (χ3v) is 3.22. The summed E-state index contributed by atoms with van der Waals surface area (Å²) in [5, 5.41) is 9.46. The van der Waals surface area contributed by atoms with E-state index in [-0.39, 0.29) is 6.32 Å². The first-order valence-corrected chi connectivity index (χ1v) is 7.30. The molecule has 1 atom stereocenters. The van der Waals surface area contributed by atoms with Crippen LogP contribution in [0.1, 0.15) is 15.9 Å². The smallest absolute Gasteiger partial charge is 0.426 e. The van der Waals surface area contributed by atoms with Gasteiger partial charge in [0.2, 0.25) is 6.10 Å². The molecule has 22 heavy (non-hydrogen) atoms. The Hall–Kier alpha value is -1.75. The Bertz CT molecular complexity index is 658. The number of alkyl halides is 3. The average Bonchev–Trinajstić information content (AvgIpc) is 2.35. The van der Waals surface area contributed by atoms with E-state index < -0.39 is 45.4 Å². The van der Waals surface area contributed by atoms with Crippen molar-refractivity contribution in [1.82, 2.24) is 0 Å². The molecule has 2 N–H and O–H groups in total. The molecule has 0 fully saturated rings. The van der Waals surface area contributed by atoms with Crippen LogP contribution in [0.4, 0.5) is 13.2 Å². The van der Waals surface area contributed by atoms with Crippen molar-refractivity contribution in [1.29, 1.82) is 0 Å². The van der Waals surface area contributed by atoms with Gasteiger partial charge in [-0.3, -0.25) is 4.55 Å². The maximum absolute atomic E-state index is 12.6. The van der Waals surface area contributed by atoms with E-state index in [1.54, 1.807) is 0 Å². The van der Waals surface area contributed by atoms with Crippen molar-refractivity contribution < 1.29 is 40.8 Å². The second-order valence-electron chi connectivity index (χ2n) is 4.24. The van der Waals surface area contributed by atoms with Gasteiger partial charge in [0.25, 0.3) is 10.1 Å². The number of hydrogen-bond donors (Lipinski definition) is 2. The van der Waals surface area contributed by atoms with Gasteiger partial charge in [0.15, 0.2) is 0 Å². The maximum atomic E-state index is 12.6. The van der Waals surface area contributed by atoms with Gasteiger partial charge in [-0.15, -0.1) is 0 Å². The summed E-state index contributed by atoms with van der Waals surface area (Å²) >= 11 is 0. The molecule has 0 saturated carbocycles. The Morgan fingerprint density at radius 1 is 1.36 bits per heavy atom. The lowest BCUT2D eigenvalue weighted by atomic mass is 9.95. The van der Waals surface area contributed by atoms with Crippen LogP contribution >= 0.6 is 0 Å². The van der Waals surface area contributed by atoms with E-state index >= 15 is 0 Å². The lowest BCUT2D eigenvalue weighted by molar-refractivity contribution is -0.197. The molecular formula is C11H10BF3O6S. The Labute approximate surface area is 125 Å². The van der Waals surface area contributed by atoms with Crippen LogP contribution in [0.5, 0.6) is 5.75 Å². The number of hydrogen-bond acceptors (Lipinski definition) is 5. The van der Waals surface area contributed by atoms with E-state index in [1.165, 1.54) is 6.07 Å². The zero-order valence-electron chi connectivity index (χ0n) is 10.9. The van der Waals surface area contributed by atoms with Gasteiger partial charge in [-0.1, -0.05) is 17.9 Å². The van der Waals surface area contributed by atoms with Gasteiger partial charge < -0.3 is 9.84 Å². The van der Waals surface area contributed by atoms with Crippen molar-refractivity contribution in [2.45, 2.75) is 18.6 Å². The highest BCUT2D eigenvalue weighted by Gasteiger charge is 2.45. The second kappa shape index (κ2) is 6.57. The van der Waals surface area contributed by atoms with Gasteiger partial charge in [-0.25, -0.2) is 4.79 Å². The minimum absolute atomic E-state index is 0.0473. The molecule has 0 spiro atoms. The molecule has 0 heterocycles. The molecule has 6 nitrogen and oxygen atoms in total. The van der Waals surface area contributed by atoms with Crippen molar-refractivity contribution in [3.63, 3.8) is 0 Å².